The summed E-state index contributed by atoms with van der Waals surface area (Å²) in [6.45, 7) is 0.332. The molecule has 2 aromatic rings. The van der Waals surface area contributed by atoms with Gasteiger partial charge in [0.15, 0.2) is 0 Å². The van der Waals surface area contributed by atoms with Crippen LogP contribution in [0.25, 0.3) is 0 Å². The maximum Gasteiger partial charge on any atom is 0.139 e. The first kappa shape index (κ1) is 14.1. The van der Waals surface area contributed by atoms with E-state index in [0.717, 1.165) is 5.56 Å². The Kier molecular flexibility index (Phi) is 4.58. The first-order valence-electron chi connectivity index (χ1n) is 5.39. The molecule has 0 saturated carbocycles. The molecule has 3 nitrogen and oxygen atoms in total. The monoisotopic (exact) mass is 312 g/mol. The third kappa shape index (κ3) is 3.56. The van der Waals surface area contributed by atoms with Crippen molar-refractivity contribution in [3.8, 4) is 5.75 Å². The van der Waals surface area contributed by atoms with Crippen molar-refractivity contribution in [3.05, 3.63) is 57.8 Å². The zero-order valence-corrected chi connectivity index (χ0v) is 12.1. The fourth-order valence-electron chi connectivity index (χ4n) is 1.46. The van der Waals surface area contributed by atoms with Gasteiger partial charge in [-0.1, -0.05) is 41.5 Å². The third-order valence-corrected chi connectivity index (χ3v) is 3.40. The van der Waals surface area contributed by atoms with E-state index in [4.69, 9.17) is 45.9 Å². The van der Waals surface area contributed by atoms with E-state index in [1.165, 1.54) is 0 Å². The van der Waals surface area contributed by atoms with E-state index in [0.29, 0.717) is 28.1 Å². The van der Waals surface area contributed by atoms with Crippen LogP contribution in [0.15, 0.2) is 36.5 Å². The lowest BCUT2D eigenvalue weighted by Gasteiger charge is -2.09. The van der Waals surface area contributed by atoms with Gasteiger partial charge in [0.05, 0.1) is 10.7 Å². The van der Waals surface area contributed by atoms with Gasteiger partial charge in [-0.15, -0.1) is 0 Å². The number of thiocarbonyl (C=S) groups is 1. The van der Waals surface area contributed by atoms with Gasteiger partial charge >= 0.3 is 0 Å². The molecule has 1 aromatic carbocycles. The molecule has 0 radical (unpaired) electrons. The maximum absolute atomic E-state index is 6.03. The van der Waals surface area contributed by atoms with Crippen molar-refractivity contribution in [1.82, 2.24) is 4.98 Å². The topological polar surface area (TPSA) is 48.1 Å². The number of aromatic nitrogens is 1. The summed E-state index contributed by atoms with van der Waals surface area (Å²) in [6, 6.07) is 8.83. The summed E-state index contributed by atoms with van der Waals surface area (Å²) in [5.41, 5.74) is 6.98. The van der Waals surface area contributed by atoms with Crippen molar-refractivity contribution < 1.29 is 4.74 Å². The van der Waals surface area contributed by atoms with Crippen LogP contribution < -0.4 is 10.5 Å². The Morgan fingerprint density at radius 2 is 2.11 bits per heavy atom. The first-order chi connectivity index (χ1) is 9.08. The molecule has 0 fully saturated rings. The first-order valence-corrected chi connectivity index (χ1v) is 6.56. The van der Waals surface area contributed by atoms with Crippen molar-refractivity contribution in [3.63, 3.8) is 0 Å². The molecule has 98 valence electrons. The minimum atomic E-state index is 0.252. The molecule has 0 amide bonds. The second-order valence-corrected chi connectivity index (χ2v) is 4.98. The van der Waals surface area contributed by atoms with Gasteiger partial charge in [0.1, 0.15) is 22.4 Å². The molecular weight excluding hydrogens is 303 g/mol. The van der Waals surface area contributed by atoms with Gasteiger partial charge in [-0.05, 0) is 29.8 Å². The Labute approximate surface area is 126 Å². The van der Waals surface area contributed by atoms with Crippen LogP contribution in [0.3, 0.4) is 0 Å². The Morgan fingerprint density at radius 3 is 2.84 bits per heavy atom. The number of benzene rings is 1. The quantitative estimate of drug-likeness (QED) is 0.876. The van der Waals surface area contributed by atoms with Gasteiger partial charge in [0.2, 0.25) is 0 Å². The summed E-state index contributed by atoms with van der Waals surface area (Å²) in [7, 11) is 0. The Morgan fingerprint density at radius 1 is 1.32 bits per heavy atom. The van der Waals surface area contributed by atoms with E-state index in [-0.39, 0.29) is 4.99 Å². The Balaban J connectivity index is 2.12. The van der Waals surface area contributed by atoms with Crippen molar-refractivity contribution in [2.75, 3.05) is 0 Å². The van der Waals surface area contributed by atoms with Crippen molar-refractivity contribution in [1.29, 1.82) is 0 Å². The van der Waals surface area contributed by atoms with Crippen molar-refractivity contribution >= 4 is 40.4 Å². The number of pyridine rings is 1. The highest BCUT2D eigenvalue weighted by Crippen LogP contribution is 2.31. The molecule has 6 heteroatoms. The Hall–Kier alpha value is -1.36. The van der Waals surface area contributed by atoms with Crippen LogP contribution in [0.1, 0.15) is 11.3 Å². The van der Waals surface area contributed by atoms with Crippen molar-refractivity contribution in [2.45, 2.75) is 6.61 Å². The minimum absolute atomic E-state index is 0.252. The molecule has 0 atom stereocenters. The molecule has 0 spiro atoms. The third-order valence-electron chi connectivity index (χ3n) is 2.39. The number of nitrogens with two attached hydrogens (primary N) is 1. The largest absolute Gasteiger partial charge is 0.487 e. The summed E-state index contributed by atoms with van der Waals surface area (Å²) in [6.07, 6.45) is 1.63. The lowest BCUT2D eigenvalue weighted by Crippen LogP contribution is -2.12. The van der Waals surface area contributed by atoms with Gasteiger partial charge in [0, 0.05) is 6.20 Å². The predicted molar refractivity (Wildman–Crippen MR) is 80.9 cm³/mol. The molecule has 1 aromatic heterocycles. The second-order valence-electron chi connectivity index (χ2n) is 3.75. The van der Waals surface area contributed by atoms with E-state index in [1.54, 1.807) is 30.5 Å². The molecule has 2 rings (SSSR count). The van der Waals surface area contributed by atoms with Crippen LogP contribution in [0, 0.1) is 0 Å². The second kappa shape index (κ2) is 6.19. The van der Waals surface area contributed by atoms with Crippen LogP contribution in [0.2, 0.25) is 10.0 Å². The zero-order valence-electron chi connectivity index (χ0n) is 9.77. The average molecular weight is 313 g/mol. The zero-order chi connectivity index (χ0) is 13.8. The van der Waals surface area contributed by atoms with E-state index >= 15 is 0 Å². The summed E-state index contributed by atoms with van der Waals surface area (Å²) < 4.78 is 5.61. The summed E-state index contributed by atoms with van der Waals surface area (Å²) >= 11 is 16.8. The highest BCUT2D eigenvalue weighted by Gasteiger charge is 2.06. The standard InChI is InChI=1S/C13H10Cl2N2OS/c14-9-2-1-3-11(12(9)15)18-7-8-4-5-17-10(6-8)13(16)19/h1-6H,7H2,(H2,16,19). The molecule has 0 bridgehead atoms. The number of hydrogen-bond acceptors (Lipinski definition) is 3. The number of nitrogens with zero attached hydrogens (tertiary/aromatic N) is 1. The van der Waals surface area contributed by atoms with Gasteiger partial charge < -0.3 is 10.5 Å². The highest BCUT2D eigenvalue weighted by molar-refractivity contribution is 7.80. The van der Waals surface area contributed by atoms with Crippen molar-refractivity contribution in [2.24, 2.45) is 5.73 Å². The number of hydrogen-bond donors (Lipinski definition) is 1. The molecular formula is C13H10Cl2N2OS. The molecule has 19 heavy (non-hydrogen) atoms. The SMILES string of the molecule is NC(=S)c1cc(COc2cccc(Cl)c2Cl)ccn1. The van der Waals surface area contributed by atoms with Gasteiger partial charge in [-0.3, -0.25) is 4.98 Å². The molecule has 0 aliphatic heterocycles. The van der Waals surface area contributed by atoms with Gasteiger partial charge in [0.25, 0.3) is 0 Å². The van der Waals surface area contributed by atoms with Gasteiger partial charge in [-0.25, -0.2) is 0 Å². The highest BCUT2D eigenvalue weighted by atomic mass is 35.5. The van der Waals surface area contributed by atoms with E-state index < -0.39 is 0 Å². The normalized spacial score (nSPS) is 10.2. The molecule has 0 unspecified atom stereocenters. The van der Waals surface area contributed by atoms with Crippen LogP contribution in [0.5, 0.6) is 5.75 Å². The summed E-state index contributed by atoms with van der Waals surface area (Å²) in [5, 5.41) is 0.852. The molecule has 0 saturated heterocycles. The van der Waals surface area contributed by atoms with E-state index in [1.807, 2.05) is 6.07 Å². The van der Waals surface area contributed by atoms with Crippen LogP contribution in [-0.2, 0) is 6.61 Å². The fourth-order valence-corrected chi connectivity index (χ4v) is 1.91. The average Bonchev–Trinajstić information content (AvgIpc) is 2.41. The molecule has 0 aliphatic rings. The molecule has 2 N–H and O–H groups in total. The maximum atomic E-state index is 6.03. The fraction of sp³-hybridized carbons (Fsp3) is 0.0769. The van der Waals surface area contributed by atoms with Gasteiger partial charge in [-0.2, -0.15) is 0 Å². The lowest BCUT2D eigenvalue weighted by molar-refractivity contribution is 0.306. The number of halogens is 2. The van der Waals surface area contributed by atoms with Crippen LogP contribution in [-0.4, -0.2) is 9.97 Å². The predicted octanol–water partition coefficient (Wildman–Crippen LogP) is 3.60. The van der Waals surface area contributed by atoms with Crippen LogP contribution >= 0.6 is 35.4 Å². The minimum Gasteiger partial charge on any atom is -0.487 e. The summed E-state index contributed by atoms with van der Waals surface area (Å²) in [4.78, 5) is 4.31. The molecule has 1 heterocycles. The van der Waals surface area contributed by atoms with E-state index in [2.05, 4.69) is 4.98 Å². The number of rotatable bonds is 4. The smallest absolute Gasteiger partial charge is 0.139 e. The lowest BCUT2D eigenvalue weighted by atomic mass is 10.2. The van der Waals surface area contributed by atoms with E-state index in [9.17, 15) is 0 Å². The number of ether oxygens (including phenoxy) is 1. The molecule has 0 aliphatic carbocycles. The summed E-state index contributed by atoms with van der Waals surface area (Å²) in [5.74, 6) is 0.530. The van der Waals surface area contributed by atoms with Crippen LogP contribution in [0.4, 0.5) is 0 Å². The Bertz CT molecular complexity index is 619.